The van der Waals surface area contributed by atoms with Gasteiger partial charge in [0.05, 0.1) is 10.5 Å². The van der Waals surface area contributed by atoms with E-state index in [2.05, 4.69) is 5.32 Å². The monoisotopic (exact) mass is 460 g/mol. The summed E-state index contributed by atoms with van der Waals surface area (Å²) in [7, 11) is -4.46. The van der Waals surface area contributed by atoms with Crippen LogP contribution >= 0.6 is 11.6 Å². The van der Waals surface area contributed by atoms with Crippen molar-refractivity contribution in [1.82, 2.24) is 4.31 Å². The van der Waals surface area contributed by atoms with Crippen LogP contribution in [-0.4, -0.2) is 37.0 Å². The van der Waals surface area contributed by atoms with Crippen LogP contribution in [-0.2, 0) is 25.8 Å². The number of amides is 1. The highest BCUT2D eigenvalue weighted by molar-refractivity contribution is 7.89. The summed E-state index contributed by atoms with van der Waals surface area (Å²) in [4.78, 5) is 24.0. The quantitative estimate of drug-likeness (QED) is 0.753. The number of carbonyl (C=O) groups is 2. The summed E-state index contributed by atoms with van der Waals surface area (Å²) >= 11 is 5.79. The molecule has 2 aromatic rings. The van der Waals surface area contributed by atoms with Gasteiger partial charge in [0.2, 0.25) is 15.9 Å². The number of piperidine rings is 1. The van der Waals surface area contributed by atoms with Crippen LogP contribution in [0.3, 0.4) is 0 Å². The summed E-state index contributed by atoms with van der Waals surface area (Å²) in [6, 6.07) is 7.90. The molecule has 0 bridgehead atoms. The molecule has 0 aliphatic carbocycles. The Morgan fingerprint density at radius 3 is 2.43 bits per heavy atom. The molecule has 1 atom stereocenters. The molecule has 0 aromatic heterocycles. The van der Waals surface area contributed by atoms with Gasteiger partial charge in [-0.15, -0.1) is 0 Å². The number of sulfonamides is 1. The van der Waals surface area contributed by atoms with Gasteiger partial charge in [-0.25, -0.2) is 8.42 Å². The van der Waals surface area contributed by atoms with Crippen LogP contribution in [0.15, 0.2) is 53.4 Å². The average Bonchev–Trinajstić information content (AvgIpc) is 2.69. The average molecular weight is 461 g/mol. The van der Waals surface area contributed by atoms with E-state index in [-0.39, 0.29) is 25.2 Å². The Hall–Kier alpha value is -2.43. The summed E-state index contributed by atoms with van der Waals surface area (Å²) < 4.78 is 65.8. The number of carbonyl (C=O) groups excluding carboxylic acids is 2. The van der Waals surface area contributed by atoms with E-state index in [1.165, 1.54) is 24.3 Å². The highest BCUT2D eigenvalue weighted by Gasteiger charge is 2.41. The number of nitrogens with one attached hydrogen (secondary N) is 1. The van der Waals surface area contributed by atoms with Gasteiger partial charge in [0, 0.05) is 30.1 Å². The molecule has 0 spiro atoms. The van der Waals surface area contributed by atoms with Gasteiger partial charge >= 0.3 is 6.18 Å². The smallest absolute Gasteiger partial charge is 0.325 e. The maximum Gasteiger partial charge on any atom is 0.416 e. The topological polar surface area (TPSA) is 83.6 Å². The van der Waals surface area contributed by atoms with Crippen LogP contribution in [0.2, 0.25) is 5.02 Å². The van der Waals surface area contributed by atoms with E-state index >= 15 is 0 Å². The fourth-order valence-electron chi connectivity index (χ4n) is 3.05. The van der Waals surface area contributed by atoms with Crippen LogP contribution in [0.5, 0.6) is 0 Å². The molecule has 1 saturated heterocycles. The van der Waals surface area contributed by atoms with Gasteiger partial charge in [-0.05, 0) is 42.5 Å². The molecule has 3 rings (SSSR count). The standard InChI is InChI=1S/C19H16ClF3N2O4S/c20-13-4-6-14(7-5-13)24-18(27)17-11-15(26)8-9-25(17)30(28,29)16-3-1-2-12(10-16)19(21,22)23/h1-7,10,17H,8-9,11H2,(H,24,27). The second kappa shape index (κ2) is 8.37. The predicted molar refractivity (Wildman–Crippen MR) is 103 cm³/mol. The van der Waals surface area contributed by atoms with Crippen molar-refractivity contribution in [3.8, 4) is 0 Å². The molecule has 1 N–H and O–H groups in total. The molecule has 1 unspecified atom stereocenters. The lowest BCUT2D eigenvalue weighted by molar-refractivity contribution is -0.137. The molecular weight excluding hydrogens is 445 g/mol. The summed E-state index contributed by atoms with van der Waals surface area (Å²) in [5, 5.41) is 2.94. The minimum atomic E-state index is -4.73. The molecule has 6 nitrogen and oxygen atoms in total. The van der Waals surface area contributed by atoms with Crippen LogP contribution in [0.1, 0.15) is 18.4 Å². The molecule has 1 heterocycles. The lowest BCUT2D eigenvalue weighted by Crippen LogP contribution is -2.52. The molecule has 1 aliphatic heterocycles. The normalized spacial score (nSPS) is 18.3. The molecule has 30 heavy (non-hydrogen) atoms. The van der Waals surface area contributed by atoms with Crippen molar-refractivity contribution in [2.24, 2.45) is 0 Å². The third-order valence-corrected chi connectivity index (χ3v) is 6.72. The molecule has 1 fully saturated rings. The third kappa shape index (κ3) is 4.82. The van der Waals surface area contributed by atoms with Gasteiger partial charge in [-0.3, -0.25) is 9.59 Å². The molecular formula is C19H16ClF3N2O4S. The van der Waals surface area contributed by atoms with Crippen LogP contribution in [0.4, 0.5) is 18.9 Å². The van der Waals surface area contributed by atoms with Gasteiger partial charge in [0.15, 0.2) is 0 Å². The van der Waals surface area contributed by atoms with Crippen molar-refractivity contribution in [3.63, 3.8) is 0 Å². The molecule has 1 amide bonds. The van der Waals surface area contributed by atoms with E-state index in [1.807, 2.05) is 0 Å². The Morgan fingerprint density at radius 1 is 1.13 bits per heavy atom. The number of hydrogen-bond acceptors (Lipinski definition) is 4. The van der Waals surface area contributed by atoms with Gasteiger partial charge in [0.25, 0.3) is 0 Å². The van der Waals surface area contributed by atoms with Crippen molar-refractivity contribution in [3.05, 3.63) is 59.1 Å². The van der Waals surface area contributed by atoms with Crippen LogP contribution < -0.4 is 5.32 Å². The minimum Gasteiger partial charge on any atom is -0.325 e. The third-order valence-electron chi connectivity index (χ3n) is 4.56. The zero-order chi connectivity index (χ0) is 22.1. The second-order valence-electron chi connectivity index (χ2n) is 6.65. The fourth-order valence-corrected chi connectivity index (χ4v) is 4.81. The first-order valence-electron chi connectivity index (χ1n) is 8.76. The number of nitrogens with zero attached hydrogens (tertiary/aromatic N) is 1. The molecule has 11 heteroatoms. The number of ketones is 1. The summed E-state index contributed by atoms with van der Waals surface area (Å²) in [6.45, 7) is -0.309. The number of benzene rings is 2. The first-order valence-corrected chi connectivity index (χ1v) is 10.6. The maximum atomic E-state index is 13.0. The number of anilines is 1. The molecule has 0 radical (unpaired) electrons. The van der Waals surface area contributed by atoms with Gasteiger partial charge < -0.3 is 5.32 Å². The van der Waals surface area contributed by atoms with Crippen molar-refractivity contribution in [2.75, 3.05) is 11.9 Å². The SMILES string of the molecule is O=C1CCN(S(=O)(=O)c2cccc(C(F)(F)F)c2)C(C(=O)Nc2ccc(Cl)cc2)C1. The lowest BCUT2D eigenvalue weighted by atomic mass is 10.0. The summed E-state index contributed by atoms with van der Waals surface area (Å²) in [5.74, 6) is -1.08. The zero-order valence-corrected chi connectivity index (χ0v) is 16.9. The van der Waals surface area contributed by atoms with E-state index in [9.17, 15) is 31.2 Å². The largest absolute Gasteiger partial charge is 0.416 e. The Morgan fingerprint density at radius 2 is 1.80 bits per heavy atom. The number of halogens is 4. The van der Waals surface area contributed by atoms with Crippen molar-refractivity contribution in [1.29, 1.82) is 0 Å². The summed E-state index contributed by atoms with van der Waals surface area (Å²) in [6.07, 6.45) is -5.24. The molecule has 160 valence electrons. The Balaban J connectivity index is 1.92. The number of rotatable bonds is 4. The van der Waals surface area contributed by atoms with E-state index in [1.54, 1.807) is 0 Å². The van der Waals surface area contributed by atoms with E-state index in [4.69, 9.17) is 11.6 Å². The number of alkyl halides is 3. The lowest BCUT2D eigenvalue weighted by Gasteiger charge is -2.33. The van der Waals surface area contributed by atoms with Crippen molar-refractivity contribution in [2.45, 2.75) is 30.0 Å². The highest BCUT2D eigenvalue weighted by Crippen LogP contribution is 2.32. The van der Waals surface area contributed by atoms with E-state index in [0.717, 1.165) is 22.5 Å². The van der Waals surface area contributed by atoms with E-state index < -0.39 is 38.6 Å². The number of Topliss-reactive ketones (excluding diaryl/α,β-unsaturated/α-hetero) is 1. The fraction of sp³-hybridized carbons (Fsp3) is 0.263. The second-order valence-corrected chi connectivity index (χ2v) is 8.97. The first-order chi connectivity index (χ1) is 14.0. The molecule has 1 aliphatic rings. The van der Waals surface area contributed by atoms with Crippen LogP contribution in [0.25, 0.3) is 0 Å². The number of hydrogen-bond donors (Lipinski definition) is 1. The Bertz CT molecular complexity index is 1070. The summed E-state index contributed by atoms with van der Waals surface area (Å²) in [5.41, 5.74) is -0.794. The van der Waals surface area contributed by atoms with Gasteiger partial charge in [-0.2, -0.15) is 17.5 Å². The Kier molecular flexibility index (Phi) is 6.21. The van der Waals surface area contributed by atoms with Gasteiger partial charge in [-0.1, -0.05) is 17.7 Å². The molecule has 0 saturated carbocycles. The predicted octanol–water partition coefficient (Wildman–Crippen LogP) is 3.72. The Labute approximate surface area is 175 Å². The highest BCUT2D eigenvalue weighted by atomic mass is 35.5. The first kappa shape index (κ1) is 22.3. The van der Waals surface area contributed by atoms with Gasteiger partial charge in [0.1, 0.15) is 11.8 Å². The van der Waals surface area contributed by atoms with Crippen molar-refractivity contribution < 1.29 is 31.2 Å². The zero-order valence-electron chi connectivity index (χ0n) is 15.3. The maximum absolute atomic E-state index is 13.0. The van der Waals surface area contributed by atoms with E-state index in [0.29, 0.717) is 16.8 Å². The molecule has 2 aromatic carbocycles. The van der Waals surface area contributed by atoms with Crippen LogP contribution in [0, 0.1) is 0 Å². The van der Waals surface area contributed by atoms with Crippen molar-refractivity contribution >= 4 is 39.0 Å². The minimum absolute atomic E-state index is 0.136.